The second kappa shape index (κ2) is 5.87. The van der Waals surface area contributed by atoms with Crippen molar-refractivity contribution in [2.24, 2.45) is 5.29 Å². The lowest BCUT2D eigenvalue weighted by Crippen LogP contribution is -2.40. The van der Waals surface area contributed by atoms with Crippen molar-refractivity contribution in [1.29, 1.82) is 0 Å². The Bertz CT molecular complexity index is 904. The van der Waals surface area contributed by atoms with E-state index in [2.05, 4.69) is 5.29 Å². The zero-order chi connectivity index (χ0) is 16.7. The minimum absolute atomic E-state index is 0.0321. The number of anilines is 1. The van der Waals surface area contributed by atoms with Crippen molar-refractivity contribution >= 4 is 28.4 Å². The number of benzene rings is 1. The first-order valence-corrected chi connectivity index (χ1v) is 7.93. The van der Waals surface area contributed by atoms with Gasteiger partial charge in [0.25, 0.3) is 5.56 Å². The fraction of sp³-hybridized carbons (Fsp3) is 0.286. The van der Waals surface area contributed by atoms with Gasteiger partial charge in [-0.2, -0.15) is 0 Å². The maximum absolute atomic E-state index is 14.3. The lowest BCUT2D eigenvalue weighted by Gasteiger charge is -2.18. The third-order valence-electron chi connectivity index (χ3n) is 3.63. The molecule has 1 saturated carbocycles. The van der Waals surface area contributed by atoms with E-state index in [0.29, 0.717) is 3.57 Å². The van der Waals surface area contributed by atoms with Gasteiger partial charge in [0.2, 0.25) is 0 Å². The zero-order valence-electron chi connectivity index (χ0n) is 12.1. The van der Waals surface area contributed by atoms with Gasteiger partial charge in [-0.25, -0.2) is 18.8 Å². The smallest absolute Gasteiger partial charge is 0.269 e. The summed E-state index contributed by atoms with van der Waals surface area (Å²) in [6.45, 7) is 0. The summed E-state index contributed by atoms with van der Waals surface area (Å²) in [6, 6.07) is 5.29. The van der Waals surface area contributed by atoms with Crippen LogP contribution >= 0.6 is 22.6 Å². The number of rotatable bonds is 4. The maximum Gasteiger partial charge on any atom is 0.337 e. The number of halogens is 2. The van der Waals surface area contributed by atoms with E-state index >= 15 is 0 Å². The lowest BCUT2D eigenvalue weighted by atomic mass is 10.3. The first-order valence-electron chi connectivity index (χ1n) is 6.85. The number of hydrogen-bond donors (Lipinski definition) is 0. The molecule has 0 radical (unpaired) electrons. The van der Waals surface area contributed by atoms with Gasteiger partial charge in [0.1, 0.15) is 11.6 Å². The van der Waals surface area contributed by atoms with E-state index in [-0.39, 0.29) is 17.5 Å². The topological polar surface area (TPSA) is 76.7 Å². The van der Waals surface area contributed by atoms with Crippen LogP contribution in [0.3, 0.4) is 0 Å². The Hall–Kier alpha value is -2.04. The van der Waals surface area contributed by atoms with Crippen LogP contribution in [0.1, 0.15) is 18.9 Å². The van der Waals surface area contributed by atoms with Crippen LogP contribution in [0.5, 0.6) is 0 Å². The summed E-state index contributed by atoms with van der Waals surface area (Å²) in [5.74, 6) is -0.701. The van der Waals surface area contributed by atoms with Gasteiger partial charge in [-0.1, -0.05) is 0 Å². The Labute approximate surface area is 143 Å². The van der Waals surface area contributed by atoms with E-state index in [4.69, 9.17) is 0 Å². The molecule has 0 spiro atoms. The average Bonchev–Trinajstić information content (AvgIpc) is 3.32. The molecule has 1 aromatic heterocycles. The predicted octanol–water partition coefficient (Wildman–Crippen LogP) is 2.20. The van der Waals surface area contributed by atoms with Crippen LogP contribution in [0.15, 0.2) is 39.1 Å². The van der Waals surface area contributed by atoms with Crippen LogP contribution in [0.25, 0.3) is 5.69 Å². The molecule has 0 saturated heterocycles. The van der Waals surface area contributed by atoms with Crippen LogP contribution < -0.4 is 16.3 Å². The molecule has 1 heterocycles. The molecule has 3 rings (SSSR count). The lowest BCUT2D eigenvalue weighted by molar-refractivity contribution is 0.590. The van der Waals surface area contributed by atoms with Crippen molar-refractivity contribution in [2.75, 3.05) is 12.1 Å². The van der Waals surface area contributed by atoms with Crippen LogP contribution in [0.2, 0.25) is 0 Å². The second-order valence-electron chi connectivity index (χ2n) is 5.26. The standard InChI is InChI=1S/C14H12FIN4O3/c1-18(17-23)12-7-13(21)19(9-3-4-9)14(22)20(12)11-5-2-8(16)6-10(11)15/h2,5-7,9H,3-4H2,1H3. The summed E-state index contributed by atoms with van der Waals surface area (Å²) >= 11 is 1.95. The largest absolute Gasteiger partial charge is 0.337 e. The molecule has 2 aromatic rings. The van der Waals surface area contributed by atoms with Crippen molar-refractivity contribution in [1.82, 2.24) is 9.13 Å². The number of nitroso groups, excluding NO2 is 1. The monoisotopic (exact) mass is 430 g/mol. The highest BCUT2D eigenvalue weighted by Gasteiger charge is 2.29. The Morgan fingerprint density at radius 2 is 2.00 bits per heavy atom. The molecule has 120 valence electrons. The Balaban J connectivity index is 2.36. The molecule has 0 bridgehead atoms. The highest BCUT2D eigenvalue weighted by molar-refractivity contribution is 14.1. The maximum atomic E-state index is 14.3. The fourth-order valence-corrected chi connectivity index (χ4v) is 2.84. The van der Waals surface area contributed by atoms with Crippen LogP contribution in [-0.4, -0.2) is 16.2 Å². The molecule has 23 heavy (non-hydrogen) atoms. The van der Waals surface area contributed by atoms with Gasteiger partial charge in [-0.3, -0.25) is 9.36 Å². The van der Waals surface area contributed by atoms with Gasteiger partial charge in [-0.15, -0.1) is 4.91 Å². The van der Waals surface area contributed by atoms with Crippen molar-refractivity contribution < 1.29 is 4.39 Å². The summed E-state index contributed by atoms with van der Waals surface area (Å²) < 4.78 is 17.1. The minimum Gasteiger partial charge on any atom is -0.269 e. The molecule has 0 amide bonds. The average molecular weight is 430 g/mol. The molecule has 1 fully saturated rings. The third-order valence-corrected chi connectivity index (χ3v) is 4.30. The zero-order valence-corrected chi connectivity index (χ0v) is 14.2. The van der Waals surface area contributed by atoms with Crippen molar-refractivity contribution in [3.8, 4) is 5.69 Å². The predicted molar refractivity (Wildman–Crippen MR) is 91.4 cm³/mol. The molecule has 1 aliphatic rings. The summed E-state index contributed by atoms with van der Waals surface area (Å²) in [4.78, 5) is 35.7. The van der Waals surface area contributed by atoms with E-state index < -0.39 is 17.1 Å². The van der Waals surface area contributed by atoms with E-state index in [1.807, 2.05) is 22.6 Å². The normalized spacial score (nSPS) is 13.9. The van der Waals surface area contributed by atoms with Crippen molar-refractivity contribution in [3.63, 3.8) is 0 Å². The second-order valence-corrected chi connectivity index (χ2v) is 6.51. The molecule has 0 N–H and O–H groups in total. The van der Waals surface area contributed by atoms with Gasteiger partial charge < -0.3 is 0 Å². The Kier molecular flexibility index (Phi) is 4.04. The van der Waals surface area contributed by atoms with Crippen molar-refractivity contribution in [3.05, 3.63) is 59.4 Å². The Morgan fingerprint density at radius 3 is 2.57 bits per heavy atom. The van der Waals surface area contributed by atoms with E-state index in [0.717, 1.165) is 33.1 Å². The number of nitrogens with zero attached hydrogens (tertiary/aromatic N) is 4. The molecular formula is C14H12FIN4O3. The molecule has 1 aliphatic carbocycles. The van der Waals surface area contributed by atoms with Gasteiger partial charge in [-0.05, 0) is 53.6 Å². The highest BCUT2D eigenvalue weighted by atomic mass is 127. The van der Waals surface area contributed by atoms with Crippen LogP contribution in [0.4, 0.5) is 10.2 Å². The number of aromatic nitrogens is 2. The summed E-state index contributed by atoms with van der Waals surface area (Å²) in [5, 5.41) is 3.55. The van der Waals surface area contributed by atoms with Gasteiger partial charge in [0.15, 0.2) is 0 Å². The first-order chi connectivity index (χ1) is 10.9. The highest BCUT2D eigenvalue weighted by Crippen LogP contribution is 2.32. The molecule has 0 unspecified atom stereocenters. The van der Waals surface area contributed by atoms with E-state index in [1.54, 1.807) is 6.07 Å². The summed E-state index contributed by atoms with van der Waals surface area (Å²) in [6.07, 6.45) is 1.46. The third kappa shape index (κ3) is 2.80. The fourth-order valence-electron chi connectivity index (χ4n) is 2.38. The molecule has 9 heteroatoms. The summed E-state index contributed by atoms with van der Waals surface area (Å²) in [7, 11) is 1.30. The van der Waals surface area contributed by atoms with Crippen LogP contribution in [0, 0.1) is 14.3 Å². The first kappa shape index (κ1) is 15.8. The SMILES string of the molecule is CN(N=O)c1cc(=O)n(C2CC2)c(=O)n1-c1ccc(I)cc1F. The Morgan fingerprint density at radius 1 is 1.30 bits per heavy atom. The van der Waals surface area contributed by atoms with Gasteiger partial charge in [0.05, 0.1) is 11.0 Å². The van der Waals surface area contributed by atoms with Crippen molar-refractivity contribution in [2.45, 2.75) is 18.9 Å². The number of hydrogen-bond acceptors (Lipinski definition) is 4. The van der Waals surface area contributed by atoms with E-state index in [1.165, 1.54) is 19.2 Å². The molecule has 1 aromatic carbocycles. The minimum atomic E-state index is -0.675. The molecule has 0 aliphatic heterocycles. The van der Waals surface area contributed by atoms with E-state index in [9.17, 15) is 18.9 Å². The quantitative estimate of drug-likeness (QED) is 0.424. The summed E-state index contributed by atoms with van der Waals surface area (Å²) in [5.41, 5.74) is -1.23. The molecule has 7 nitrogen and oxygen atoms in total. The van der Waals surface area contributed by atoms with Crippen LogP contribution in [-0.2, 0) is 0 Å². The van der Waals surface area contributed by atoms with Gasteiger partial charge >= 0.3 is 5.69 Å². The molecule has 0 atom stereocenters. The van der Waals surface area contributed by atoms with Gasteiger partial charge in [0, 0.05) is 22.7 Å². The molecular weight excluding hydrogens is 418 g/mol.